The molecular weight excluding hydrogens is 537 g/mol. The van der Waals surface area contributed by atoms with Crippen molar-refractivity contribution in [3.8, 4) is 11.1 Å². The molecule has 2 amide bonds. The lowest BCUT2D eigenvalue weighted by molar-refractivity contribution is 0.0525. The van der Waals surface area contributed by atoms with Gasteiger partial charge < -0.3 is 19.8 Å². The van der Waals surface area contributed by atoms with Crippen molar-refractivity contribution in [1.29, 1.82) is 0 Å². The van der Waals surface area contributed by atoms with Gasteiger partial charge in [0.25, 0.3) is 11.8 Å². The van der Waals surface area contributed by atoms with Gasteiger partial charge >= 0.3 is 5.97 Å². The second kappa shape index (κ2) is 12.4. The number of carbonyl (C=O) groups is 3. The van der Waals surface area contributed by atoms with Crippen LogP contribution in [0.2, 0.25) is 0 Å². The highest BCUT2D eigenvalue weighted by atomic mass is 19.1. The number of amides is 2. The minimum Gasteiger partial charge on any atom is -0.467 e. The molecule has 8 nitrogen and oxygen atoms in total. The quantitative estimate of drug-likeness (QED) is 0.233. The first-order chi connectivity index (χ1) is 20.3. The maximum Gasteiger partial charge on any atom is 0.340 e. The molecule has 4 aromatic rings. The number of ether oxygens (including phenoxy) is 1. The Balaban J connectivity index is 1.58. The standard InChI is InChI=1S/C33H32FN3O5/c1-4-41-33(40)27-25(16-9-20-7-14-23(34)15-8-20)36-30-28(32(39)37-29(30)19(2)3)26(27)21-10-12-22(13-11-21)31(38)35-18-24-6-5-17-42-24/h5-8,10-15,17,19,29H,4,9,16,18H2,1-3H3,(H,35,38)(H,37,39). The molecule has 3 heterocycles. The number of nitrogens with one attached hydrogen (secondary N) is 2. The zero-order chi connectivity index (χ0) is 29.8. The SMILES string of the molecule is CCOC(=O)c1c(CCc2ccc(F)cc2)nc2c(c1-c1ccc(C(=O)NCc3ccco3)cc1)C(=O)NC2C(C)C. The Hall–Kier alpha value is -4.79. The number of hydrogen-bond donors (Lipinski definition) is 2. The highest BCUT2D eigenvalue weighted by Crippen LogP contribution is 2.40. The van der Waals surface area contributed by atoms with Gasteiger partial charge in [0, 0.05) is 11.1 Å². The van der Waals surface area contributed by atoms with Crippen molar-refractivity contribution in [2.45, 2.75) is 46.2 Å². The molecule has 5 rings (SSSR count). The van der Waals surface area contributed by atoms with Crippen LogP contribution in [0.4, 0.5) is 4.39 Å². The van der Waals surface area contributed by atoms with Crippen molar-refractivity contribution < 1.29 is 27.9 Å². The number of rotatable bonds is 10. The van der Waals surface area contributed by atoms with Gasteiger partial charge in [-0.25, -0.2) is 9.18 Å². The summed E-state index contributed by atoms with van der Waals surface area (Å²) in [5.74, 6) is -0.841. The number of nitrogens with zero attached hydrogens (tertiary/aromatic N) is 1. The van der Waals surface area contributed by atoms with Gasteiger partial charge in [-0.2, -0.15) is 0 Å². The van der Waals surface area contributed by atoms with E-state index in [1.165, 1.54) is 12.1 Å². The van der Waals surface area contributed by atoms with E-state index in [0.717, 1.165) is 5.56 Å². The molecule has 0 radical (unpaired) electrons. The van der Waals surface area contributed by atoms with Crippen LogP contribution in [0.15, 0.2) is 71.3 Å². The molecule has 2 aromatic heterocycles. The van der Waals surface area contributed by atoms with E-state index < -0.39 is 5.97 Å². The molecule has 42 heavy (non-hydrogen) atoms. The van der Waals surface area contributed by atoms with Gasteiger partial charge in [-0.1, -0.05) is 38.1 Å². The van der Waals surface area contributed by atoms with Crippen molar-refractivity contribution in [2.24, 2.45) is 5.92 Å². The molecule has 9 heteroatoms. The third-order valence-electron chi connectivity index (χ3n) is 7.26. The number of fused-ring (bicyclic) bond motifs is 1. The maximum absolute atomic E-state index is 13.5. The second-order valence-electron chi connectivity index (χ2n) is 10.5. The van der Waals surface area contributed by atoms with Crippen LogP contribution < -0.4 is 10.6 Å². The van der Waals surface area contributed by atoms with Crippen LogP contribution in [0.1, 0.15) is 80.6 Å². The summed E-state index contributed by atoms with van der Waals surface area (Å²) in [6.45, 7) is 6.09. The molecule has 0 spiro atoms. The minimum absolute atomic E-state index is 0.0502. The molecule has 0 saturated carbocycles. The van der Waals surface area contributed by atoms with Crippen molar-refractivity contribution in [2.75, 3.05) is 6.61 Å². The normalized spacial score (nSPS) is 14.0. The molecule has 1 atom stereocenters. The fourth-order valence-corrected chi connectivity index (χ4v) is 5.15. The number of furan rings is 1. The Bertz CT molecular complexity index is 1600. The van der Waals surface area contributed by atoms with Gasteiger partial charge in [0.15, 0.2) is 0 Å². The summed E-state index contributed by atoms with van der Waals surface area (Å²) in [6.07, 6.45) is 2.41. The average molecular weight is 570 g/mol. The Labute approximate surface area is 243 Å². The highest BCUT2D eigenvalue weighted by molar-refractivity contribution is 6.11. The third-order valence-corrected chi connectivity index (χ3v) is 7.26. The predicted molar refractivity (Wildman–Crippen MR) is 154 cm³/mol. The van der Waals surface area contributed by atoms with Crippen molar-refractivity contribution >= 4 is 17.8 Å². The van der Waals surface area contributed by atoms with E-state index in [-0.39, 0.29) is 48.3 Å². The van der Waals surface area contributed by atoms with Crippen molar-refractivity contribution in [3.63, 3.8) is 0 Å². The zero-order valence-electron chi connectivity index (χ0n) is 23.7. The molecule has 0 fully saturated rings. The van der Waals surface area contributed by atoms with Crippen LogP contribution in [0, 0.1) is 11.7 Å². The highest BCUT2D eigenvalue weighted by Gasteiger charge is 2.38. The molecule has 1 aliphatic heterocycles. The van der Waals surface area contributed by atoms with Crippen LogP contribution in [-0.4, -0.2) is 29.4 Å². The molecule has 0 aliphatic carbocycles. The van der Waals surface area contributed by atoms with E-state index in [1.807, 2.05) is 13.8 Å². The van der Waals surface area contributed by atoms with E-state index in [9.17, 15) is 18.8 Å². The number of benzene rings is 2. The number of aryl methyl sites for hydroxylation is 2. The van der Waals surface area contributed by atoms with E-state index >= 15 is 0 Å². The molecule has 216 valence electrons. The summed E-state index contributed by atoms with van der Waals surface area (Å²) in [7, 11) is 0. The Morgan fingerprint density at radius 1 is 1.05 bits per heavy atom. The van der Waals surface area contributed by atoms with Crippen LogP contribution in [0.5, 0.6) is 0 Å². The molecule has 0 saturated heterocycles. The summed E-state index contributed by atoms with van der Waals surface area (Å²) in [5, 5.41) is 5.84. The molecule has 1 aliphatic rings. The van der Waals surface area contributed by atoms with E-state index in [1.54, 1.807) is 61.7 Å². The number of pyridine rings is 1. The Morgan fingerprint density at radius 2 is 1.79 bits per heavy atom. The molecular formula is C33H32FN3O5. The number of aromatic nitrogens is 1. The fraction of sp³-hybridized carbons (Fsp3) is 0.273. The topological polar surface area (TPSA) is 111 Å². The minimum atomic E-state index is -0.585. The maximum atomic E-state index is 13.5. The van der Waals surface area contributed by atoms with E-state index in [0.29, 0.717) is 52.2 Å². The Kier molecular flexibility index (Phi) is 8.47. The summed E-state index contributed by atoms with van der Waals surface area (Å²) >= 11 is 0. The molecule has 2 N–H and O–H groups in total. The summed E-state index contributed by atoms with van der Waals surface area (Å²) in [6, 6.07) is 16.1. The molecule has 0 bridgehead atoms. The predicted octanol–water partition coefficient (Wildman–Crippen LogP) is 5.81. The van der Waals surface area contributed by atoms with Gasteiger partial charge in [-0.15, -0.1) is 0 Å². The zero-order valence-corrected chi connectivity index (χ0v) is 23.7. The Morgan fingerprint density at radius 3 is 2.43 bits per heavy atom. The largest absolute Gasteiger partial charge is 0.467 e. The van der Waals surface area contributed by atoms with Crippen molar-refractivity contribution in [1.82, 2.24) is 15.6 Å². The average Bonchev–Trinajstić information content (AvgIpc) is 3.63. The lowest BCUT2D eigenvalue weighted by Crippen LogP contribution is -2.23. The smallest absolute Gasteiger partial charge is 0.340 e. The van der Waals surface area contributed by atoms with Gasteiger partial charge in [-0.05, 0) is 73.2 Å². The third kappa shape index (κ3) is 5.95. The van der Waals surface area contributed by atoms with Crippen LogP contribution in [0.3, 0.4) is 0 Å². The number of esters is 1. The second-order valence-corrected chi connectivity index (χ2v) is 10.5. The van der Waals surface area contributed by atoms with Crippen molar-refractivity contribution in [3.05, 3.63) is 112 Å². The monoisotopic (exact) mass is 569 g/mol. The van der Waals surface area contributed by atoms with Crippen LogP contribution in [-0.2, 0) is 24.1 Å². The fourth-order valence-electron chi connectivity index (χ4n) is 5.15. The summed E-state index contributed by atoms with van der Waals surface area (Å²) in [4.78, 5) is 44.6. The van der Waals surface area contributed by atoms with Crippen LogP contribution >= 0.6 is 0 Å². The van der Waals surface area contributed by atoms with Gasteiger partial charge in [-0.3, -0.25) is 14.6 Å². The van der Waals surface area contributed by atoms with Gasteiger partial charge in [0.1, 0.15) is 11.6 Å². The summed E-state index contributed by atoms with van der Waals surface area (Å²) in [5.41, 5.74) is 3.92. The lowest BCUT2D eigenvalue weighted by Gasteiger charge is -2.20. The van der Waals surface area contributed by atoms with Gasteiger partial charge in [0.2, 0.25) is 0 Å². The van der Waals surface area contributed by atoms with E-state index in [4.69, 9.17) is 14.1 Å². The first-order valence-corrected chi connectivity index (χ1v) is 14.0. The number of carbonyl (C=O) groups excluding carboxylic acids is 3. The van der Waals surface area contributed by atoms with Gasteiger partial charge in [0.05, 0.1) is 48.0 Å². The number of halogens is 1. The van der Waals surface area contributed by atoms with E-state index in [2.05, 4.69) is 10.6 Å². The molecule has 2 aromatic carbocycles. The first kappa shape index (κ1) is 28.7. The summed E-state index contributed by atoms with van der Waals surface area (Å²) < 4.78 is 24.2. The number of hydrogen-bond acceptors (Lipinski definition) is 6. The molecule has 1 unspecified atom stereocenters. The van der Waals surface area contributed by atoms with Crippen LogP contribution in [0.25, 0.3) is 11.1 Å². The first-order valence-electron chi connectivity index (χ1n) is 14.0. The lowest BCUT2D eigenvalue weighted by atomic mass is 9.88.